The summed E-state index contributed by atoms with van der Waals surface area (Å²) >= 11 is 0. The topological polar surface area (TPSA) is 45.6 Å². The molecule has 0 amide bonds. The molecule has 1 N–H and O–H groups in total. The number of nitrogens with zero attached hydrogens (tertiary/aromatic N) is 2. The van der Waals surface area contributed by atoms with E-state index >= 15 is 0 Å². The Morgan fingerprint density at radius 2 is 2.09 bits per heavy atom. The zero-order valence-electron chi connectivity index (χ0n) is 13.2. The SMILES string of the molecule is Cc1cccc2c(N3CCC(OCCCO)CC3)ccnc12. The normalized spacial score (nSPS) is 16.4. The largest absolute Gasteiger partial charge is 0.396 e. The van der Waals surface area contributed by atoms with Gasteiger partial charge >= 0.3 is 0 Å². The second kappa shape index (κ2) is 7.07. The van der Waals surface area contributed by atoms with E-state index in [-0.39, 0.29) is 6.61 Å². The van der Waals surface area contributed by atoms with Gasteiger partial charge in [-0.1, -0.05) is 18.2 Å². The summed E-state index contributed by atoms with van der Waals surface area (Å²) in [7, 11) is 0. The van der Waals surface area contributed by atoms with Gasteiger partial charge in [-0.3, -0.25) is 4.98 Å². The quantitative estimate of drug-likeness (QED) is 0.862. The molecule has 1 saturated heterocycles. The number of pyridine rings is 1. The molecule has 2 heterocycles. The Kier molecular flexibility index (Phi) is 4.90. The lowest BCUT2D eigenvalue weighted by molar-refractivity contribution is 0.0294. The highest BCUT2D eigenvalue weighted by Gasteiger charge is 2.21. The zero-order chi connectivity index (χ0) is 15.4. The Morgan fingerprint density at radius 1 is 1.27 bits per heavy atom. The molecule has 0 radical (unpaired) electrons. The van der Waals surface area contributed by atoms with Crippen LogP contribution in [-0.4, -0.2) is 42.5 Å². The summed E-state index contributed by atoms with van der Waals surface area (Å²) in [4.78, 5) is 6.97. The molecule has 1 aromatic carbocycles. The number of hydrogen-bond acceptors (Lipinski definition) is 4. The third-order valence-corrected chi connectivity index (χ3v) is 4.39. The molecule has 118 valence electrons. The minimum atomic E-state index is 0.210. The average Bonchev–Trinajstić information content (AvgIpc) is 2.56. The summed E-state index contributed by atoms with van der Waals surface area (Å²) in [5.74, 6) is 0. The van der Waals surface area contributed by atoms with Crippen LogP contribution in [0.1, 0.15) is 24.8 Å². The maximum absolute atomic E-state index is 8.82. The van der Waals surface area contributed by atoms with Crippen molar-refractivity contribution in [2.45, 2.75) is 32.3 Å². The van der Waals surface area contributed by atoms with Gasteiger partial charge in [-0.2, -0.15) is 0 Å². The van der Waals surface area contributed by atoms with E-state index in [4.69, 9.17) is 9.84 Å². The van der Waals surface area contributed by atoms with E-state index in [1.165, 1.54) is 16.6 Å². The van der Waals surface area contributed by atoms with Crippen LogP contribution < -0.4 is 4.90 Å². The number of benzene rings is 1. The molecule has 1 aliphatic heterocycles. The van der Waals surface area contributed by atoms with Crippen LogP contribution in [0, 0.1) is 6.92 Å². The van der Waals surface area contributed by atoms with Crippen LogP contribution in [0.25, 0.3) is 10.9 Å². The van der Waals surface area contributed by atoms with E-state index in [1.807, 2.05) is 6.20 Å². The Hall–Kier alpha value is -1.65. The molecule has 1 aromatic heterocycles. The summed E-state index contributed by atoms with van der Waals surface area (Å²) < 4.78 is 5.82. The number of aromatic nitrogens is 1. The van der Waals surface area contributed by atoms with E-state index in [0.29, 0.717) is 12.7 Å². The molecule has 0 atom stereocenters. The smallest absolute Gasteiger partial charge is 0.0751 e. The Morgan fingerprint density at radius 3 is 2.86 bits per heavy atom. The van der Waals surface area contributed by atoms with Gasteiger partial charge in [0.05, 0.1) is 11.6 Å². The van der Waals surface area contributed by atoms with Crippen LogP contribution in [0.5, 0.6) is 0 Å². The third kappa shape index (κ3) is 3.23. The maximum atomic E-state index is 8.82. The van der Waals surface area contributed by atoms with Crippen molar-refractivity contribution in [1.29, 1.82) is 0 Å². The molecule has 0 spiro atoms. The fourth-order valence-corrected chi connectivity index (χ4v) is 3.16. The molecule has 0 unspecified atom stereocenters. The molecule has 4 nitrogen and oxygen atoms in total. The molecule has 4 heteroatoms. The molecule has 0 bridgehead atoms. The van der Waals surface area contributed by atoms with E-state index in [2.05, 4.69) is 41.1 Å². The van der Waals surface area contributed by atoms with Crippen molar-refractivity contribution in [2.75, 3.05) is 31.2 Å². The van der Waals surface area contributed by atoms with E-state index < -0.39 is 0 Å². The molecule has 1 fully saturated rings. The molecule has 3 rings (SSSR count). The minimum absolute atomic E-state index is 0.210. The molecule has 0 aliphatic carbocycles. The predicted octanol–water partition coefficient (Wildman–Crippen LogP) is 2.91. The van der Waals surface area contributed by atoms with Gasteiger partial charge < -0.3 is 14.7 Å². The van der Waals surface area contributed by atoms with Crippen LogP contribution >= 0.6 is 0 Å². The van der Waals surface area contributed by atoms with Crippen molar-refractivity contribution in [1.82, 2.24) is 4.98 Å². The standard InChI is InChI=1S/C18H24N2O2/c1-14-4-2-5-16-17(6-9-19-18(14)16)20-10-7-15(8-11-20)22-13-3-12-21/h2,4-6,9,15,21H,3,7-8,10-13H2,1H3. The fraction of sp³-hybridized carbons (Fsp3) is 0.500. The van der Waals surface area contributed by atoms with Crippen molar-refractivity contribution in [3.63, 3.8) is 0 Å². The number of aliphatic hydroxyl groups is 1. The second-order valence-electron chi connectivity index (χ2n) is 5.94. The first-order valence-corrected chi connectivity index (χ1v) is 8.11. The monoisotopic (exact) mass is 300 g/mol. The van der Waals surface area contributed by atoms with Gasteiger partial charge in [0.1, 0.15) is 0 Å². The van der Waals surface area contributed by atoms with Crippen LogP contribution in [-0.2, 0) is 4.74 Å². The molecule has 22 heavy (non-hydrogen) atoms. The van der Waals surface area contributed by atoms with Crippen LogP contribution in [0.4, 0.5) is 5.69 Å². The van der Waals surface area contributed by atoms with Gasteiger partial charge in [-0.25, -0.2) is 0 Å². The average molecular weight is 300 g/mol. The molecular weight excluding hydrogens is 276 g/mol. The minimum Gasteiger partial charge on any atom is -0.396 e. The number of hydrogen-bond donors (Lipinski definition) is 1. The first kappa shape index (κ1) is 15.3. The van der Waals surface area contributed by atoms with Gasteiger partial charge in [-0.05, 0) is 37.8 Å². The Labute approximate surface area is 131 Å². The lowest BCUT2D eigenvalue weighted by Crippen LogP contribution is -2.37. The number of aliphatic hydroxyl groups excluding tert-OH is 1. The summed E-state index contributed by atoms with van der Waals surface area (Å²) in [5.41, 5.74) is 3.60. The highest BCUT2D eigenvalue weighted by Crippen LogP contribution is 2.29. The number of anilines is 1. The van der Waals surface area contributed by atoms with Crippen molar-refractivity contribution in [2.24, 2.45) is 0 Å². The molecule has 2 aromatic rings. The van der Waals surface area contributed by atoms with Crippen molar-refractivity contribution >= 4 is 16.6 Å². The van der Waals surface area contributed by atoms with Crippen LogP contribution in [0.2, 0.25) is 0 Å². The van der Waals surface area contributed by atoms with Crippen molar-refractivity contribution in [3.05, 3.63) is 36.0 Å². The number of fused-ring (bicyclic) bond motifs is 1. The number of rotatable bonds is 5. The number of piperidine rings is 1. The summed E-state index contributed by atoms with van der Waals surface area (Å²) in [6.07, 6.45) is 5.06. The van der Waals surface area contributed by atoms with Crippen LogP contribution in [0.15, 0.2) is 30.5 Å². The first-order valence-electron chi connectivity index (χ1n) is 8.11. The summed E-state index contributed by atoms with van der Waals surface area (Å²) in [6, 6.07) is 8.50. The molecule has 0 saturated carbocycles. The Bertz CT molecular complexity index is 622. The molecule has 1 aliphatic rings. The second-order valence-corrected chi connectivity index (χ2v) is 5.94. The van der Waals surface area contributed by atoms with Gasteiger partial charge in [0.25, 0.3) is 0 Å². The van der Waals surface area contributed by atoms with Gasteiger partial charge in [-0.15, -0.1) is 0 Å². The van der Waals surface area contributed by atoms with Crippen LogP contribution in [0.3, 0.4) is 0 Å². The summed E-state index contributed by atoms with van der Waals surface area (Å²) in [6.45, 7) is 5.01. The Balaban J connectivity index is 1.70. The molecular formula is C18H24N2O2. The van der Waals surface area contributed by atoms with Gasteiger partial charge in [0, 0.05) is 43.6 Å². The predicted molar refractivity (Wildman–Crippen MR) is 89.4 cm³/mol. The van der Waals surface area contributed by atoms with Gasteiger partial charge in [0.15, 0.2) is 0 Å². The maximum Gasteiger partial charge on any atom is 0.0751 e. The highest BCUT2D eigenvalue weighted by molar-refractivity contribution is 5.93. The number of para-hydroxylation sites is 1. The number of aryl methyl sites for hydroxylation is 1. The summed E-state index contributed by atoms with van der Waals surface area (Å²) in [5, 5.41) is 10.1. The third-order valence-electron chi connectivity index (χ3n) is 4.39. The van der Waals surface area contributed by atoms with E-state index in [0.717, 1.165) is 37.9 Å². The van der Waals surface area contributed by atoms with Gasteiger partial charge in [0.2, 0.25) is 0 Å². The van der Waals surface area contributed by atoms with Crippen molar-refractivity contribution in [3.8, 4) is 0 Å². The highest BCUT2D eigenvalue weighted by atomic mass is 16.5. The van der Waals surface area contributed by atoms with Crippen molar-refractivity contribution < 1.29 is 9.84 Å². The zero-order valence-corrected chi connectivity index (χ0v) is 13.2. The van der Waals surface area contributed by atoms with E-state index in [1.54, 1.807) is 0 Å². The first-order chi connectivity index (χ1) is 10.8. The fourth-order valence-electron chi connectivity index (χ4n) is 3.16. The lowest BCUT2D eigenvalue weighted by atomic mass is 10.0. The van der Waals surface area contributed by atoms with E-state index in [9.17, 15) is 0 Å². The number of ether oxygens (including phenoxy) is 1. The lowest BCUT2D eigenvalue weighted by Gasteiger charge is -2.34.